The molecule has 28 heavy (non-hydrogen) atoms. The number of hydrogen-bond donors (Lipinski definition) is 2. The zero-order valence-electron chi connectivity index (χ0n) is 17.2. The molecule has 0 aliphatic rings. The summed E-state index contributed by atoms with van der Waals surface area (Å²) in [5.41, 5.74) is 3.05. The van der Waals surface area contributed by atoms with Gasteiger partial charge in [0.15, 0.2) is 5.96 Å². The minimum Gasteiger partial charge on any atom is -0.352 e. The fraction of sp³-hybridized carbons (Fsp3) is 0.400. The maximum Gasteiger partial charge on any atom is 0.238 e. The van der Waals surface area contributed by atoms with Crippen LogP contribution in [-0.2, 0) is 24.9 Å². The van der Waals surface area contributed by atoms with Gasteiger partial charge in [0, 0.05) is 49.7 Å². The van der Waals surface area contributed by atoms with E-state index in [0.29, 0.717) is 13.1 Å². The van der Waals surface area contributed by atoms with Crippen LogP contribution < -0.4 is 10.6 Å². The number of anilines is 1. The van der Waals surface area contributed by atoms with Gasteiger partial charge in [0.25, 0.3) is 0 Å². The number of nitrogens with one attached hydrogen (secondary N) is 2. The van der Waals surface area contributed by atoms with Crippen molar-refractivity contribution in [1.29, 1.82) is 0 Å². The van der Waals surface area contributed by atoms with Crippen LogP contribution in [0.2, 0.25) is 0 Å². The quantitative estimate of drug-likeness (QED) is 0.504. The van der Waals surface area contributed by atoms with Crippen molar-refractivity contribution in [3.63, 3.8) is 0 Å². The number of amides is 1. The van der Waals surface area contributed by atoms with Gasteiger partial charge in [0.05, 0.1) is 13.1 Å². The standard InChI is InChI=1S/C20H29BrN6O/c1-22-20(27(5)13-18-10-16(21)12-26(18)4)23-11-15-7-6-8-17(9-15)24-19(28)14-25(2)3/h6-10,12H,11,13-14H2,1-5H3,(H,22,23)(H,24,28). The molecule has 2 rings (SSSR count). The normalized spacial score (nSPS) is 11.6. The van der Waals surface area contributed by atoms with Gasteiger partial charge >= 0.3 is 0 Å². The summed E-state index contributed by atoms with van der Waals surface area (Å²) in [5, 5.41) is 6.30. The third-order valence-corrected chi connectivity index (χ3v) is 4.60. The monoisotopic (exact) mass is 448 g/mol. The highest BCUT2D eigenvalue weighted by atomic mass is 79.9. The van der Waals surface area contributed by atoms with Gasteiger partial charge in [0.1, 0.15) is 0 Å². The Labute approximate surface area is 175 Å². The summed E-state index contributed by atoms with van der Waals surface area (Å²) in [6.07, 6.45) is 2.04. The topological polar surface area (TPSA) is 64.9 Å². The molecule has 0 bridgehead atoms. The summed E-state index contributed by atoms with van der Waals surface area (Å²) in [5.74, 6) is 0.777. The zero-order valence-corrected chi connectivity index (χ0v) is 18.7. The Morgan fingerprint density at radius 1 is 1.25 bits per heavy atom. The lowest BCUT2D eigenvalue weighted by molar-refractivity contribution is -0.116. The number of halogens is 1. The third kappa shape index (κ3) is 6.69. The number of aliphatic imine (C=N–C) groups is 1. The van der Waals surface area contributed by atoms with Gasteiger partial charge < -0.3 is 25.0 Å². The Morgan fingerprint density at radius 2 is 2.00 bits per heavy atom. The van der Waals surface area contributed by atoms with E-state index in [4.69, 9.17) is 0 Å². The highest BCUT2D eigenvalue weighted by Crippen LogP contribution is 2.15. The molecule has 2 N–H and O–H groups in total. The molecule has 0 atom stereocenters. The molecular formula is C20H29BrN6O. The molecule has 0 fully saturated rings. The van der Waals surface area contributed by atoms with E-state index in [0.717, 1.165) is 28.2 Å². The van der Waals surface area contributed by atoms with Crippen molar-refractivity contribution in [1.82, 2.24) is 19.7 Å². The Balaban J connectivity index is 1.94. The average Bonchev–Trinajstić information content (AvgIpc) is 2.92. The predicted octanol–water partition coefficient (Wildman–Crippen LogP) is 2.50. The molecule has 0 saturated carbocycles. The first kappa shape index (κ1) is 22.0. The first-order valence-corrected chi connectivity index (χ1v) is 9.84. The highest BCUT2D eigenvalue weighted by molar-refractivity contribution is 9.10. The van der Waals surface area contributed by atoms with E-state index in [9.17, 15) is 4.79 Å². The molecule has 1 amide bonds. The van der Waals surface area contributed by atoms with E-state index < -0.39 is 0 Å². The van der Waals surface area contributed by atoms with E-state index in [-0.39, 0.29) is 5.91 Å². The number of carbonyl (C=O) groups is 1. The first-order chi connectivity index (χ1) is 13.3. The van der Waals surface area contributed by atoms with Crippen LogP contribution in [0, 0.1) is 0 Å². The van der Waals surface area contributed by atoms with Gasteiger partial charge in [-0.2, -0.15) is 0 Å². The number of nitrogens with zero attached hydrogens (tertiary/aromatic N) is 4. The molecule has 0 aliphatic carbocycles. The number of likely N-dealkylation sites (N-methyl/N-ethyl adjacent to an activating group) is 1. The molecular weight excluding hydrogens is 420 g/mol. The van der Waals surface area contributed by atoms with E-state index in [1.54, 1.807) is 7.05 Å². The SMILES string of the molecule is CN=C(NCc1cccc(NC(=O)CN(C)C)c1)N(C)Cc1cc(Br)cn1C. The summed E-state index contributed by atoms with van der Waals surface area (Å²) < 4.78 is 3.16. The average molecular weight is 449 g/mol. The lowest BCUT2D eigenvalue weighted by atomic mass is 10.2. The van der Waals surface area contributed by atoms with Crippen molar-refractivity contribution in [2.24, 2.45) is 12.0 Å². The molecule has 0 aliphatic heterocycles. The number of guanidine groups is 1. The van der Waals surface area contributed by atoms with Crippen LogP contribution in [0.25, 0.3) is 0 Å². The van der Waals surface area contributed by atoms with Crippen LogP contribution in [0.3, 0.4) is 0 Å². The van der Waals surface area contributed by atoms with Crippen LogP contribution in [0.4, 0.5) is 5.69 Å². The third-order valence-electron chi connectivity index (χ3n) is 4.17. The molecule has 152 valence electrons. The second kappa shape index (κ2) is 10.3. The van der Waals surface area contributed by atoms with Gasteiger partial charge in [0.2, 0.25) is 5.91 Å². The van der Waals surface area contributed by atoms with Gasteiger partial charge in [-0.05, 0) is 53.8 Å². The molecule has 8 heteroatoms. The second-order valence-electron chi connectivity index (χ2n) is 7.00. The molecule has 1 heterocycles. The Kier molecular flexibility index (Phi) is 8.07. The molecule has 0 saturated heterocycles. The summed E-state index contributed by atoms with van der Waals surface area (Å²) >= 11 is 3.51. The van der Waals surface area contributed by atoms with E-state index in [1.165, 1.54) is 5.69 Å². The fourth-order valence-corrected chi connectivity index (χ4v) is 3.43. The first-order valence-electron chi connectivity index (χ1n) is 9.04. The van der Waals surface area contributed by atoms with Gasteiger partial charge in [-0.3, -0.25) is 9.79 Å². The second-order valence-corrected chi connectivity index (χ2v) is 7.92. The number of aromatic nitrogens is 1. The molecule has 0 unspecified atom stereocenters. The van der Waals surface area contributed by atoms with Crippen LogP contribution in [0.1, 0.15) is 11.3 Å². The smallest absolute Gasteiger partial charge is 0.238 e. The minimum atomic E-state index is -0.0284. The van der Waals surface area contributed by atoms with Crippen molar-refractivity contribution in [3.8, 4) is 0 Å². The molecule has 7 nitrogen and oxygen atoms in total. The van der Waals surface area contributed by atoms with Crippen LogP contribution in [-0.4, -0.2) is 61.0 Å². The van der Waals surface area contributed by atoms with Crippen LogP contribution >= 0.6 is 15.9 Å². The Bertz CT molecular complexity index is 830. The largest absolute Gasteiger partial charge is 0.352 e. The number of benzene rings is 1. The highest BCUT2D eigenvalue weighted by Gasteiger charge is 2.10. The molecule has 1 aromatic heterocycles. The van der Waals surface area contributed by atoms with E-state index in [1.807, 2.05) is 63.6 Å². The summed E-state index contributed by atoms with van der Waals surface area (Å²) in [7, 11) is 9.55. The Hall–Kier alpha value is -2.32. The van der Waals surface area contributed by atoms with Gasteiger partial charge in [-0.15, -0.1) is 0 Å². The van der Waals surface area contributed by atoms with Crippen LogP contribution in [0.5, 0.6) is 0 Å². The van der Waals surface area contributed by atoms with Crippen molar-refractivity contribution < 1.29 is 4.79 Å². The lowest BCUT2D eigenvalue weighted by Gasteiger charge is -2.22. The number of hydrogen-bond acceptors (Lipinski definition) is 3. The van der Waals surface area contributed by atoms with Crippen molar-refractivity contribution >= 4 is 33.5 Å². The summed E-state index contributed by atoms with van der Waals surface area (Å²) in [6.45, 7) is 1.71. The molecule has 0 radical (unpaired) electrons. The summed E-state index contributed by atoms with van der Waals surface area (Å²) in [6, 6.07) is 9.93. The van der Waals surface area contributed by atoms with Crippen LogP contribution in [0.15, 0.2) is 46.0 Å². The number of aryl methyl sites for hydroxylation is 1. The van der Waals surface area contributed by atoms with Gasteiger partial charge in [-0.25, -0.2) is 0 Å². The van der Waals surface area contributed by atoms with Crippen molar-refractivity contribution in [2.75, 3.05) is 40.1 Å². The maximum absolute atomic E-state index is 11.9. The predicted molar refractivity (Wildman–Crippen MR) is 118 cm³/mol. The molecule has 1 aromatic carbocycles. The van der Waals surface area contributed by atoms with Crippen molar-refractivity contribution in [3.05, 3.63) is 52.3 Å². The van der Waals surface area contributed by atoms with Gasteiger partial charge in [-0.1, -0.05) is 12.1 Å². The number of rotatable bonds is 7. The van der Waals surface area contributed by atoms with Crippen molar-refractivity contribution in [2.45, 2.75) is 13.1 Å². The lowest BCUT2D eigenvalue weighted by Crippen LogP contribution is -2.38. The fourth-order valence-electron chi connectivity index (χ4n) is 2.85. The Morgan fingerprint density at radius 3 is 2.61 bits per heavy atom. The molecule has 2 aromatic rings. The minimum absolute atomic E-state index is 0.0284. The van der Waals surface area contributed by atoms with E-state index in [2.05, 4.69) is 47.1 Å². The zero-order chi connectivity index (χ0) is 20.7. The molecule has 0 spiro atoms. The summed E-state index contributed by atoms with van der Waals surface area (Å²) in [4.78, 5) is 20.2. The maximum atomic E-state index is 11.9. The number of carbonyl (C=O) groups excluding carboxylic acids is 1. The van der Waals surface area contributed by atoms with E-state index >= 15 is 0 Å².